The van der Waals surface area contributed by atoms with Gasteiger partial charge in [0.2, 0.25) is 11.8 Å². The molecule has 1 aliphatic rings. The van der Waals surface area contributed by atoms with Gasteiger partial charge in [0.15, 0.2) is 0 Å². The molecule has 8 nitrogen and oxygen atoms in total. The van der Waals surface area contributed by atoms with E-state index in [9.17, 15) is 9.59 Å². The lowest BCUT2D eigenvalue weighted by Gasteiger charge is -2.32. The number of benzene rings is 1. The number of para-hydroxylation sites is 1. The number of carbonyl (C=O) groups excluding carboxylic acids is 1. The Morgan fingerprint density at radius 3 is 2.89 bits per heavy atom. The van der Waals surface area contributed by atoms with E-state index >= 15 is 0 Å². The van der Waals surface area contributed by atoms with Crippen LogP contribution in [-0.4, -0.2) is 49.7 Å². The van der Waals surface area contributed by atoms with Crippen molar-refractivity contribution in [1.82, 2.24) is 24.6 Å². The number of ether oxygens (including phenoxy) is 1. The Hall–Kier alpha value is -3.29. The van der Waals surface area contributed by atoms with Crippen molar-refractivity contribution in [3.63, 3.8) is 0 Å². The summed E-state index contributed by atoms with van der Waals surface area (Å²) < 4.78 is 7.24. The molecule has 28 heavy (non-hydrogen) atoms. The van der Waals surface area contributed by atoms with Crippen LogP contribution < -0.4 is 10.3 Å². The zero-order valence-electron chi connectivity index (χ0n) is 15.6. The van der Waals surface area contributed by atoms with E-state index in [-0.39, 0.29) is 24.1 Å². The lowest BCUT2D eigenvalue weighted by molar-refractivity contribution is -0.134. The second-order valence-electron chi connectivity index (χ2n) is 6.93. The molecule has 0 N–H and O–H groups in total. The molecule has 1 atom stereocenters. The van der Waals surface area contributed by atoms with Gasteiger partial charge in [-0.25, -0.2) is 4.98 Å². The van der Waals surface area contributed by atoms with Crippen LogP contribution in [0.2, 0.25) is 0 Å². The number of amides is 1. The van der Waals surface area contributed by atoms with Crippen LogP contribution in [0.1, 0.15) is 18.5 Å². The van der Waals surface area contributed by atoms with Crippen molar-refractivity contribution in [3.05, 3.63) is 58.8 Å². The SMILES string of the molecule is Cc1ccc(O[C@@H]2CCCN(C(=O)Cn3cnc4ccccc4c3=O)C2)nn1. The fraction of sp³-hybridized carbons (Fsp3) is 0.350. The van der Waals surface area contributed by atoms with E-state index in [0.29, 0.717) is 29.9 Å². The molecular formula is C20H21N5O3. The predicted molar refractivity (Wildman–Crippen MR) is 103 cm³/mol. The van der Waals surface area contributed by atoms with E-state index in [1.807, 2.05) is 19.1 Å². The van der Waals surface area contributed by atoms with E-state index < -0.39 is 0 Å². The summed E-state index contributed by atoms with van der Waals surface area (Å²) in [6, 6.07) is 10.7. The predicted octanol–water partition coefficient (Wildman–Crippen LogP) is 1.56. The molecule has 1 amide bonds. The van der Waals surface area contributed by atoms with Crippen molar-refractivity contribution in [3.8, 4) is 5.88 Å². The van der Waals surface area contributed by atoms with Crippen LogP contribution in [0.4, 0.5) is 0 Å². The molecule has 0 saturated carbocycles. The fourth-order valence-electron chi connectivity index (χ4n) is 3.35. The van der Waals surface area contributed by atoms with E-state index in [1.54, 1.807) is 29.2 Å². The highest BCUT2D eigenvalue weighted by atomic mass is 16.5. The first-order valence-electron chi connectivity index (χ1n) is 9.29. The summed E-state index contributed by atoms with van der Waals surface area (Å²) >= 11 is 0. The molecule has 0 spiro atoms. The fourth-order valence-corrected chi connectivity index (χ4v) is 3.35. The van der Waals surface area contributed by atoms with E-state index in [4.69, 9.17) is 4.74 Å². The van der Waals surface area contributed by atoms with E-state index in [2.05, 4.69) is 15.2 Å². The topological polar surface area (TPSA) is 90.2 Å². The molecule has 3 aromatic rings. The molecule has 1 aliphatic heterocycles. The number of hydrogen-bond acceptors (Lipinski definition) is 6. The molecule has 1 fully saturated rings. The van der Waals surface area contributed by atoms with Gasteiger partial charge >= 0.3 is 0 Å². The van der Waals surface area contributed by atoms with Gasteiger partial charge in [-0.05, 0) is 38.0 Å². The Balaban J connectivity index is 1.44. The highest BCUT2D eigenvalue weighted by Gasteiger charge is 2.25. The Bertz CT molecular complexity index is 1050. The van der Waals surface area contributed by atoms with Crippen LogP contribution in [0.5, 0.6) is 5.88 Å². The minimum absolute atomic E-state index is 0.0340. The number of carbonyl (C=O) groups is 1. The van der Waals surface area contributed by atoms with E-state index in [1.165, 1.54) is 10.9 Å². The lowest BCUT2D eigenvalue weighted by atomic mass is 10.1. The van der Waals surface area contributed by atoms with Crippen molar-refractivity contribution < 1.29 is 9.53 Å². The molecule has 2 aromatic heterocycles. The van der Waals surface area contributed by atoms with Gasteiger partial charge in [0.25, 0.3) is 5.56 Å². The van der Waals surface area contributed by atoms with Crippen LogP contribution in [-0.2, 0) is 11.3 Å². The average molecular weight is 379 g/mol. The number of hydrogen-bond donors (Lipinski definition) is 0. The molecule has 4 rings (SSSR count). The number of fused-ring (bicyclic) bond motifs is 1. The van der Waals surface area contributed by atoms with Gasteiger partial charge in [-0.1, -0.05) is 12.1 Å². The second kappa shape index (κ2) is 7.75. The summed E-state index contributed by atoms with van der Waals surface area (Å²) in [4.78, 5) is 31.3. The molecule has 144 valence electrons. The van der Waals surface area contributed by atoms with Crippen LogP contribution in [0, 0.1) is 6.92 Å². The smallest absolute Gasteiger partial charge is 0.261 e. The van der Waals surface area contributed by atoms with Crippen LogP contribution >= 0.6 is 0 Å². The standard InChI is InChI=1S/C20H21N5O3/c1-14-8-9-18(23-22-14)28-15-5-4-10-24(11-15)19(26)12-25-13-21-17-7-3-2-6-16(17)20(25)27/h2-3,6-9,13,15H,4-5,10-12H2,1H3/t15-/m1/s1. The molecular weight excluding hydrogens is 358 g/mol. The number of aryl methyl sites for hydroxylation is 1. The summed E-state index contributed by atoms with van der Waals surface area (Å²) in [5, 5.41) is 8.52. The molecule has 1 aromatic carbocycles. The highest BCUT2D eigenvalue weighted by molar-refractivity contribution is 5.79. The summed E-state index contributed by atoms with van der Waals surface area (Å²) in [6.07, 6.45) is 2.97. The van der Waals surface area contributed by atoms with Gasteiger partial charge in [0.05, 0.1) is 29.5 Å². The maximum Gasteiger partial charge on any atom is 0.261 e. The van der Waals surface area contributed by atoms with Crippen molar-refractivity contribution in [2.24, 2.45) is 0 Å². The molecule has 0 radical (unpaired) electrons. The molecule has 1 saturated heterocycles. The second-order valence-corrected chi connectivity index (χ2v) is 6.93. The summed E-state index contributed by atoms with van der Waals surface area (Å²) in [5.74, 6) is 0.335. The van der Waals surface area contributed by atoms with E-state index in [0.717, 1.165) is 18.5 Å². The maximum absolute atomic E-state index is 12.8. The van der Waals surface area contributed by atoms with Gasteiger partial charge < -0.3 is 9.64 Å². The number of rotatable bonds is 4. The number of likely N-dealkylation sites (tertiary alicyclic amines) is 1. The monoisotopic (exact) mass is 379 g/mol. The molecule has 0 aliphatic carbocycles. The zero-order valence-corrected chi connectivity index (χ0v) is 15.6. The van der Waals surface area contributed by atoms with Gasteiger partial charge in [-0.3, -0.25) is 14.2 Å². The molecule has 0 bridgehead atoms. The third kappa shape index (κ3) is 3.85. The van der Waals surface area contributed by atoms with Gasteiger partial charge in [0, 0.05) is 12.6 Å². The van der Waals surface area contributed by atoms with Crippen molar-refractivity contribution >= 4 is 16.8 Å². The minimum atomic E-state index is -0.210. The Kier molecular flexibility index (Phi) is 5.01. The van der Waals surface area contributed by atoms with Crippen LogP contribution in [0.15, 0.2) is 47.5 Å². The van der Waals surface area contributed by atoms with Crippen LogP contribution in [0.25, 0.3) is 10.9 Å². The zero-order chi connectivity index (χ0) is 19.5. The quantitative estimate of drug-likeness (QED) is 0.683. The Labute approximate surface area is 161 Å². The first kappa shape index (κ1) is 18.1. The normalized spacial score (nSPS) is 16.9. The average Bonchev–Trinajstić information content (AvgIpc) is 2.72. The third-order valence-electron chi connectivity index (χ3n) is 4.83. The lowest BCUT2D eigenvalue weighted by Crippen LogP contribution is -2.46. The number of nitrogens with zero attached hydrogens (tertiary/aromatic N) is 5. The largest absolute Gasteiger partial charge is 0.471 e. The molecule has 0 unspecified atom stereocenters. The third-order valence-corrected chi connectivity index (χ3v) is 4.83. The number of aromatic nitrogens is 4. The van der Waals surface area contributed by atoms with Crippen LogP contribution in [0.3, 0.4) is 0 Å². The maximum atomic E-state index is 12.8. The summed E-state index contributed by atoms with van der Waals surface area (Å²) in [7, 11) is 0. The van der Waals surface area contributed by atoms with Gasteiger partial charge in [-0.2, -0.15) is 5.10 Å². The highest BCUT2D eigenvalue weighted by Crippen LogP contribution is 2.17. The first-order chi connectivity index (χ1) is 13.6. The van der Waals surface area contributed by atoms with Crippen molar-refractivity contribution in [2.75, 3.05) is 13.1 Å². The summed E-state index contributed by atoms with van der Waals surface area (Å²) in [5.41, 5.74) is 1.24. The Morgan fingerprint density at radius 1 is 1.21 bits per heavy atom. The molecule has 3 heterocycles. The van der Waals surface area contributed by atoms with Crippen molar-refractivity contribution in [1.29, 1.82) is 0 Å². The molecule has 8 heteroatoms. The minimum Gasteiger partial charge on any atom is -0.471 e. The van der Waals surface area contributed by atoms with Gasteiger partial charge in [0.1, 0.15) is 12.6 Å². The van der Waals surface area contributed by atoms with Gasteiger partial charge in [-0.15, -0.1) is 5.10 Å². The summed E-state index contributed by atoms with van der Waals surface area (Å²) in [6.45, 7) is 2.94. The number of piperidine rings is 1. The van der Waals surface area contributed by atoms with Crippen molar-refractivity contribution in [2.45, 2.75) is 32.4 Å². The first-order valence-corrected chi connectivity index (χ1v) is 9.29. The Morgan fingerprint density at radius 2 is 2.07 bits per heavy atom.